The lowest BCUT2D eigenvalue weighted by atomic mass is 9.90. The van der Waals surface area contributed by atoms with Crippen molar-refractivity contribution >= 4 is 11.8 Å². The van der Waals surface area contributed by atoms with E-state index >= 15 is 0 Å². The van der Waals surface area contributed by atoms with Gasteiger partial charge in [0.15, 0.2) is 0 Å². The molecular weight excluding hydrogens is 266 g/mol. The van der Waals surface area contributed by atoms with Crippen molar-refractivity contribution in [1.29, 1.82) is 0 Å². The molecule has 5 heteroatoms. The molecule has 0 saturated carbocycles. The van der Waals surface area contributed by atoms with Gasteiger partial charge in [0.25, 0.3) is 0 Å². The van der Waals surface area contributed by atoms with Crippen LogP contribution in [0.5, 0.6) is 0 Å². The van der Waals surface area contributed by atoms with Crippen LogP contribution in [0.4, 0.5) is 0 Å². The second-order valence-electron chi connectivity index (χ2n) is 6.19. The highest BCUT2D eigenvalue weighted by atomic mass is 16.2. The maximum atomic E-state index is 12.9. The molecule has 0 spiro atoms. The number of rotatable bonds is 2. The number of benzene rings is 1. The second-order valence-corrected chi connectivity index (χ2v) is 6.19. The molecule has 5 nitrogen and oxygen atoms in total. The number of carbonyl (C=O) groups is 2. The van der Waals surface area contributed by atoms with Crippen molar-refractivity contribution in [3.8, 4) is 0 Å². The zero-order valence-corrected chi connectivity index (χ0v) is 12.3. The van der Waals surface area contributed by atoms with Crippen molar-refractivity contribution in [2.45, 2.75) is 44.3 Å². The molecular formula is C16H21N3O2. The third-order valence-electron chi connectivity index (χ3n) is 4.68. The largest absolute Gasteiger partial charge is 0.368 e. The average Bonchev–Trinajstić information content (AvgIpc) is 2.93. The molecule has 3 N–H and O–H groups in total. The predicted molar refractivity (Wildman–Crippen MR) is 79.3 cm³/mol. The molecule has 2 amide bonds. The zero-order valence-electron chi connectivity index (χ0n) is 12.3. The van der Waals surface area contributed by atoms with Gasteiger partial charge in [-0.2, -0.15) is 0 Å². The maximum Gasteiger partial charge on any atom is 0.243 e. The lowest BCUT2D eigenvalue weighted by Gasteiger charge is -2.39. The number of nitrogens with two attached hydrogens (primary N) is 1. The van der Waals surface area contributed by atoms with E-state index in [1.807, 2.05) is 31.2 Å². The summed E-state index contributed by atoms with van der Waals surface area (Å²) >= 11 is 0. The van der Waals surface area contributed by atoms with E-state index in [0.29, 0.717) is 13.0 Å². The molecule has 1 saturated heterocycles. The first kappa shape index (κ1) is 14.1. The Morgan fingerprint density at radius 3 is 2.67 bits per heavy atom. The maximum absolute atomic E-state index is 12.9. The Balaban J connectivity index is 1.92. The topological polar surface area (TPSA) is 75.4 Å². The molecule has 2 aliphatic heterocycles. The number of carbonyl (C=O) groups excluding carboxylic acids is 2. The summed E-state index contributed by atoms with van der Waals surface area (Å²) in [7, 11) is 0. The molecule has 0 radical (unpaired) electrons. The van der Waals surface area contributed by atoms with Gasteiger partial charge < -0.3 is 16.0 Å². The fraction of sp³-hybridized carbons (Fsp3) is 0.500. The molecule has 112 valence electrons. The highest BCUT2D eigenvalue weighted by molar-refractivity contribution is 5.92. The first-order valence-corrected chi connectivity index (χ1v) is 7.43. The minimum absolute atomic E-state index is 0.0155. The minimum atomic E-state index is -0.569. The van der Waals surface area contributed by atoms with Gasteiger partial charge in [-0.3, -0.25) is 9.59 Å². The zero-order chi connectivity index (χ0) is 15.0. The number of nitrogens with one attached hydrogen (secondary N) is 1. The quantitative estimate of drug-likeness (QED) is 0.835. The minimum Gasteiger partial charge on any atom is -0.368 e. The molecule has 1 aromatic rings. The van der Waals surface area contributed by atoms with Gasteiger partial charge in [0.05, 0.1) is 5.54 Å². The van der Waals surface area contributed by atoms with Crippen LogP contribution in [0, 0.1) is 0 Å². The summed E-state index contributed by atoms with van der Waals surface area (Å²) < 4.78 is 0. The summed E-state index contributed by atoms with van der Waals surface area (Å²) in [6.45, 7) is 3.22. The molecule has 3 rings (SSSR count). The third kappa shape index (κ3) is 2.42. The van der Waals surface area contributed by atoms with Crippen molar-refractivity contribution in [3.05, 3.63) is 35.4 Å². The van der Waals surface area contributed by atoms with Crippen LogP contribution < -0.4 is 11.1 Å². The first-order valence-electron chi connectivity index (χ1n) is 7.43. The Kier molecular flexibility index (Phi) is 3.45. The van der Waals surface area contributed by atoms with Crippen LogP contribution in [0.2, 0.25) is 0 Å². The Bertz CT molecular complexity index is 579. The molecule has 2 atom stereocenters. The number of primary amides is 1. The van der Waals surface area contributed by atoms with Gasteiger partial charge in [0.1, 0.15) is 6.04 Å². The Hall–Kier alpha value is -1.88. The first-order chi connectivity index (χ1) is 10.0. The number of fused-ring (bicyclic) bond motifs is 1. The summed E-state index contributed by atoms with van der Waals surface area (Å²) in [5, 5.41) is 3.27. The van der Waals surface area contributed by atoms with E-state index in [0.717, 1.165) is 30.5 Å². The highest BCUT2D eigenvalue weighted by Crippen LogP contribution is 2.28. The van der Waals surface area contributed by atoms with Crippen LogP contribution in [0.3, 0.4) is 0 Å². The SMILES string of the molecule is CC1(C(=O)N2Cc3ccccc3C[C@H]2C(N)=O)CCCN1. The molecule has 1 fully saturated rings. The predicted octanol–water partition coefficient (Wildman–Crippen LogP) is 0.567. The lowest BCUT2D eigenvalue weighted by Crippen LogP contribution is -2.59. The number of hydrogen-bond acceptors (Lipinski definition) is 3. The fourth-order valence-electron chi connectivity index (χ4n) is 3.38. The van der Waals surface area contributed by atoms with Crippen LogP contribution >= 0.6 is 0 Å². The Labute approximate surface area is 124 Å². The van der Waals surface area contributed by atoms with Gasteiger partial charge in [-0.05, 0) is 37.4 Å². The number of hydrogen-bond donors (Lipinski definition) is 2. The summed E-state index contributed by atoms with van der Waals surface area (Å²) in [6, 6.07) is 7.38. The van der Waals surface area contributed by atoms with Crippen molar-refractivity contribution in [1.82, 2.24) is 10.2 Å². The molecule has 0 bridgehead atoms. The van der Waals surface area contributed by atoms with E-state index < -0.39 is 17.5 Å². The summed E-state index contributed by atoms with van der Waals surface area (Å²) in [5.41, 5.74) is 7.18. The average molecular weight is 287 g/mol. The van der Waals surface area contributed by atoms with Crippen molar-refractivity contribution < 1.29 is 9.59 Å². The van der Waals surface area contributed by atoms with Crippen LogP contribution in [0.15, 0.2) is 24.3 Å². The van der Waals surface area contributed by atoms with E-state index in [1.54, 1.807) is 4.90 Å². The van der Waals surface area contributed by atoms with E-state index in [1.165, 1.54) is 0 Å². The Morgan fingerprint density at radius 2 is 2.05 bits per heavy atom. The van der Waals surface area contributed by atoms with Crippen LogP contribution in [-0.2, 0) is 22.6 Å². The van der Waals surface area contributed by atoms with Gasteiger partial charge in [-0.25, -0.2) is 0 Å². The molecule has 0 aromatic heterocycles. The standard InChI is InChI=1S/C16H21N3O2/c1-16(7-4-8-18-16)15(21)19-10-12-6-3-2-5-11(12)9-13(19)14(17)20/h2-3,5-6,13,18H,4,7-10H2,1H3,(H2,17,20)/t13-,16?/m0/s1. The normalized spacial score (nSPS) is 28.2. The number of nitrogens with zero attached hydrogens (tertiary/aromatic N) is 1. The molecule has 1 unspecified atom stereocenters. The van der Waals surface area contributed by atoms with Gasteiger partial charge in [0.2, 0.25) is 11.8 Å². The van der Waals surface area contributed by atoms with E-state index in [4.69, 9.17) is 5.73 Å². The van der Waals surface area contributed by atoms with Crippen molar-refractivity contribution in [2.75, 3.05) is 6.54 Å². The molecule has 1 aromatic carbocycles. The summed E-state index contributed by atoms with van der Waals surface area (Å²) in [6.07, 6.45) is 2.29. The van der Waals surface area contributed by atoms with Crippen molar-refractivity contribution in [2.24, 2.45) is 5.73 Å². The molecule has 2 heterocycles. The lowest BCUT2D eigenvalue weighted by molar-refractivity contribution is -0.145. The molecule has 21 heavy (non-hydrogen) atoms. The van der Waals surface area contributed by atoms with E-state index in [-0.39, 0.29) is 5.91 Å². The summed E-state index contributed by atoms with van der Waals surface area (Å²) in [5.74, 6) is -0.447. The molecule has 2 aliphatic rings. The van der Waals surface area contributed by atoms with Crippen molar-refractivity contribution in [3.63, 3.8) is 0 Å². The van der Waals surface area contributed by atoms with Crippen LogP contribution in [-0.4, -0.2) is 34.8 Å². The summed E-state index contributed by atoms with van der Waals surface area (Å²) in [4.78, 5) is 26.4. The fourth-order valence-corrected chi connectivity index (χ4v) is 3.38. The van der Waals surface area contributed by atoms with Gasteiger partial charge in [-0.1, -0.05) is 24.3 Å². The smallest absolute Gasteiger partial charge is 0.243 e. The van der Waals surface area contributed by atoms with Crippen LogP contribution in [0.25, 0.3) is 0 Å². The van der Waals surface area contributed by atoms with Gasteiger partial charge in [-0.15, -0.1) is 0 Å². The second kappa shape index (κ2) is 5.15. The Morgan fingerprint density at radius 1 is 1.33 bits per heavy atom. The molecule has 0 aliphatic carbocycles. The number of amides is 2. The van der Waals surface area contributed by atoms with E-state index in [2.05, 4.69) is 5.32 Å². The highest BCUT2D eigenvalue weighted by Gasteiger charge is 2.43. The monoisotopic (exact) mass is 287 g/mol. The van der Waals surface area contributed by atoms with Gasteiger partial charge in [0, 0.05) is 13.0 Å². The van der Waals surface area contributed by atoms with Gasteiger partial charge >= 0.3 is 0 Å². The third-order valence-corrected chi connectivity index (χ3v) is 4.68. The van der Waals surface area contributed by atoms with Crippen LogP contribution in [0.1, 0.15) is 30.9 Å². The van der Waals surface area contributed by atoms with E-state index in [9.17, 15) is 9.59 Å².